The van der Waals surface area contributed by atoms with Crippen LogP contribution in [0.15, 0.2) is 42.7 Å². The average Bonchev–Trinajstić information content (AvgIpc) is 2.51. The molecule has 1 aromatic heterocycles. The number of benzene rings is 1. The maximum Gasteiger partial charge on any atom is 0.257 e. The van der Waals surface area contributed by atoms with Crippen LogP contribution in [0.5, 0.6) is 0 Å². The molecule has 4 N–H and O–H groups in total. The highest BCUT2D eigenvalue weighted by atomic mass is 16.2. The molecule has 0 spiro atoms. The summed E-state index contributed by atoms with van der Waals surface area (Å²) in [6, 6.07) is 8.72. The first-order chi connectivity index (χ1) is 10.6. The minimum Gasteiger partial charge on any atom is -0.330 e. The molecular formula is C16H18N4O2. The van der Waals surface area contributed by atoms with E-state index in [0.717, 1.165) is 5.56 Å². The lowest BCUT2D eigenvalue weighted by Gasteiger charge is -2.11. The molecule has 0 fully saturated rings. The quantitative estimate of drug-likeness (QED) is 0.785. The highest BCUT2D eigenvalue weighted by molar-refractivity contribution is 6.04. The Morgan fingerprint density at radius 3 is 2.73 bits per heavy atom. The number of carbonyl (C=O) groups is 2. The molecule has 0 bridgehead atoms. The van der Waals surface area contributed by atoms with Gasteiger partial charge in [0, 0.05) is 36.7 Å². The molecule has 0 aliphatic rings. The van der Waals surface area contributed by atoms with E-state index in [1.807, 2.05) is 13.0 Å². The fourth-order valence-electron chi connectivity index (χ4n) is 1.88. The van der Waals surface area contributed by atoms with Crippen LogP contribution in [0, 0.1) is 6.92 Å². The van der Waals surface area contributed by atoms with Crippen LogP contribution < -0.4 is 16.4 Å². The Morgan fingerprint density at radius 2 is 2.05 bits per heavy atom. The van der Waals surface area contributed by atoms with E-state index < -0.39 is 0 Å². The SMILES string of the molecule is Cc1ccc(NC(=O)CCN)cc1NC(=O)c1cccnc1. The van der Waals surface area contributed by atoms with Gasteiger partial charge in [-0.2, -0.15) is 0 Å². The molecule has 2 amide bonds. The number of nitrogens with two attached hydrogens (primary N) is 1. The van der Waals surface area contributed by atoms with Gasteiger partial charge in [0.1, 0.15) is 0 Å². The van der Waals surface area contributed by atoms with Gasteiger partial charge in [-0.1, -0.05) is 6.07 Å². The largest absolute Gasteiger partial charge is 0.330 e. The fourth-order valence-corrected chi connectivity index (χ4v) is 1.88. The van der Waals surface area contributed by atoms with Gasteiger partial charge in [-0.15, -0.1) is 0 Å². The normalized spacial score (nSPS) is 10.1. The topological polar surface area (TPSA) is 97.1 Å². The van der Waals surface area contributed by atoms with Gasteiger partial charge >= 0.3 is 0 Å². The first-order valence-corrected chi connectivity index (χ1v) is 6.92. The number of hydrogen-bond donors (Lipinski definition) is 3. The number of nitrogens with one attached hydrogen (secondary N) is 2. The van der Waals surface area contributed by atoms with Crippen LogP contribution in [0.25, 0.3) is 0 Å². The molecule has 6 heteroatoms. The summed E-state index contributed by atoms with van der Waals surface area (Å²) in [5, 5.41) is 5.56. The van der Waals surface area contributed by atoms with Gasteiger partial charge in [0.25, 0.3) is 5.91 Å². The Balaban J connectivity index is 2.13. The van der Waals surface area contributed by atoms with Crippen molar-refractivity contribution in [2.24, 2.45) is 5.73 Å². The van der Waals surface area contributed by atoms with Crippen LogP contribution in [0.4, 0.5) is 11.4 Å². The molecule has 0 saturated heterocycles. The van der Waals surface area contributed by atoms with Gasteiger partial charge in [0.2, 0.25) is 5.91 Å². The van der Waals surface area contributed by atoms with Crippen molar-refractivity contribution in [1.82, 2.24) is 4.98 Å². The van der Waals surface area contributed by atoms with E-state index in [9.17, 15) is 9.59 Å². The molecule has 2 aromatic rings. The summed E-state index contributed by atoms with van der Waals surface area (Å²) in [6.45, 7) is 2.17. The van der Waals surface area contributed by atoms with E-state index in [2.05, 4.69) is 15.6 Å². The van der Waals surface area contributed by atoms with Crippen LogP contribution in [-0.4, -0.2) is 23.3 Å². The van der Waals surface area contributed by atoms with Crippen LogP contribution in [0.3, 0.4) is 0 Å². The minimum atomic E-state index is -0.248. The Hall–Kier alpha value is -2.73. The van der Waals surface area contributed by atoms with Crippen LogP contribution in [0.2, 0.25) is 0 Å². The summed E-state index contributed by atoms with van der Waals surface area (Å²) in [4.78, 5) is 27.6. The van der Waals surface area contributed by atoms with Crippen LogP contribution in [-0.2, 0) is 4.79 Å². The molecule has 0 aliphatic carbocycles. The molecular weight excluding hydrogens is 280 g/mol. The standard InChI is InChI=1S/C16H18N4O2/c1-11-4-5-13(19-15(21)6-7-17)9-14(11)20-16(22)12-3-2-8-18-10-12/h2-5,8-10H,6-7,17H2,1H3,(H,19,21)(H,20,22). The Kier molecular flexibility index (Phi) is 5.21. The van der Waals surface area contributed by atoms with Gasteiger partial charge in [-0.05, 0) is 36.8 Å². The second-order valence-electron chi connectivity index (χ2n) is 4.81. The van der Waals surface area contributed by atoms with Gasteiger partial charge in [-0.25, -0.2) is 0 Å². The minimum absolute atomic E-state index is 0.157. The predicted octanol–water partition coefficient (Wildman–Crippen LogP) is 1.93. The lowest BCUT2D eigenvalue weighted by Crippen LogP contribution is -2.17. The second-order valence-corrected chi connectivity index (χ2v) is 4.81. The van der Waals surface area contributed by atoms with E-state index >= 15 is 0 Å². The molecule has 114 valence electrons. The van der Waals surface area contributed by atoms with Crippen molar-refractivity contribution in [2.75, 3.05) is 17.2 Å². The van der Waals surface area contributed by atoms with E-state index in [-0.39, 0.29) is 18.2 Å². The molecule has 0 atom stereocenters. The maximum atomic E-state index is 12.1. The summed E-state index contributed by atoms with van der Waals surface area (Å²) in [7, 11) is 0. The zero-order valence-electron chi connectivity index (χ0n) is 12.3. The number of anilines is 2. The molecule has 1 heterocycles. The highest BCUT2D eigenvalue weighted by Crippen LogP contribution is 2.21. The number of aryl methyl sites for hydroxylation is 1. The Bertz CT molecular complexity index is 671. The monoisotopic (exact) mass is 298 g/mol. The Labute approximate surface area is 128 Å². The summed E-state index contributed by atoms with van der Waals surface area (Å²) in [5.41, 5.74) is 7.97. The maximum absolute atomic E-state index is 12.1. The average molecular weight is 298 g/mol. The number of pyridine rings is 1. The third-order valence-electron chi connectivity index (χ3n) is 3.06. The van der Waals surface area contributed by atoms with Gasteiger partial charge in [-0.3, -0.25) is 14.6 Å². The number of hydrogen-bond acceptors (Lipinski definition) is 4. The van der Waals surface area contributed by atoms with Gasteiger partial charge < -0.3 is 16.4 Å². The zero-order valence-corrected chi connectivity index (χ0v) is 12.3. The molecule has 2 rings (SSSR count). The van der Waals surface area contributed by atoms with Crippen molar-refractivity contribution < 1.29 is 9.59 Å². The number of amides is 2. The molecule has 22 heavy (non-hydrogen) atoms. The number of nitrogens with zero attached hydrogens (tertiary/aromatic N) is 1. The van der Waals surface area contributed by atoms with Crippen LogP contribution >= 0.6 is 0 Å². The smallest absolute Gasteiger partial charge is 0.257 e. The second kappa shape index (κ2) is 7.33. The first-order valence-electron chi connectivity index (χ1n) is 6.92. The van der Waals surface area contributed by atoms with Crippen molar-refractivity contribution in [1.29, 1.82) is 0 Å². The fraction of sp³-hybridized carbons (Fsp3) is 0.188. The number of rotatable bonds is 5. The zero-order chi connectivity index (χ0) is 15.9. The number of carbonyl (C=O) groups excluding carboxylic acids is 2. The van der Waals surface area contributed by atoms with Gasteiger partial charge in [0.05, 0.1) is 5.56 Å². The van der Waals surface area contributed by atoms with Crippen molar-refractivity contribution in [2.45, 2.75) is 13.3 Å². The van der Waals surface area contributed by atoms with Gasteiger partial charge in [0.15, 0.2) is 0 Å². The highest BCUT2D eigenvalue weighted by Gasteiger charge is 2.09. The Morgan fingerprint density at radius 1 is 1.23 bits per heavy atom. The summed E-state index contributed by atoms with van der Waals surface area (Å²) < 4.78 is 0. The molecule has 0 radical (unpaired) electrons. The third kappa shape index (κ3) is 4.13. The van der Waals surface area contributed by atoms with E-state index in [4.69, 9.17) is 5.73 Å². The van der Waals surface area contributed by atoms with E-state index in [1.165, 1.54) is 6.20 Å². The van der Waals surface area contributed by atoms with Crippen LogP contribution in [0.1, 0.15) is 22.3 Å². The van der Waals surface area contributed by atoms with Crippen molar-refractivity contribution in [3.8, 4) is 0 Å². The predicted molar refractivity (Wildman–Crippen MR) is 85.7 cm³/mol. The van der Waals surface area contributed by atoms with Crippen molar-refractivity contribution >= 4 is 23.2 Å². The summed E-state index contributed by atoms with van der Waals surface area (Å²) in [5.74, 6) is -0.405. The summed E-state index contributed by atoms with van der Waals surface area (Å²) in [6.07, 6.45) is 3.36. The van der Waals surface area contributed by atoms with Crippen molar-refractivity contribution in [3.05, 3.63) is 53.9 Å². The molecule has 0 aliphatic heterocycles. The van der Waals surface area contributed by atoms with Crippen molar-refractivity contribution in [3.63, 3.8) is 0 Å². The summed E-state index contributed by atoms with van der Waals surface area (Å²) >= 11 is 0. The first kappa shape index (κ1) is 15.7. The molecule has 0 saturated carbocycles. The number of aromatic nitrogens is 1. The molecule has 1 aromatic carbocycles. The third-order valence-corrected chi connectivity index (χ3v) is 3.06. The lowest BCUT2D eigenvalue weighted by atomic mass is 10.1. The molecule has 6 nitrogen and oxygen atoms in total. The lowest BCUT2D eigenvalue weighted by molar-refractivity contribution is -0.116. The molecule has 0 unspecified atom stereocenters. The van der Waals surface area contributed by atoms with E-state index in [1.54, 1.807) is 30.5 Å². The van der Waals surface area contributed by atoms with E-state index in [0.29, 0.717) is 23.5 Å².